The van der Waals surface area contributed by atoms with Gasteiger partial charge in [0.05, 0.1) is 4.92 Å². The van der Waals surface area contributed by atoms with E-state index in [-0.39, 0.29) is 6.54 Å². The summed E-state index contributed by atoms with van der Waals surface area (Å²) >= 11 is 0. The lowest BCUT2D eigenvalue weighted by atomic mass is 10.3. The molecule has 1 aromatic rings. The molecule has 0 amide bonds. The Bertz CT molecular complexity index is 645. The molecule has 0 heterocycles. The fraction of sp³-hybridized carbons (Fsp3) is 0.455. The summed E-state index contributed by atoms with van der Waals surface area (Å²) in [6, 6.07) is 3.78. The van der Waals surface area contributed by atoms with Crippen molar-refractivity contribution in [2.24, 2.45) is 0 Å². The lowest BCUT2D eigenvalue weighted by Gasteiger charge is -2.08. The quantitative estimate of drug-likeness (QED) is 0.410. The average molecular weight is 335 g/mol. The van der Waals surface area contributed by atoms with Gasteiger partial charge in [0, 0.05) is 48.2 Å². The maximum absolute atomic E-state index is 12.2. The molecule has 0 fully saturated rings. The summed E-state index contributed by atoms with van der Waals surface area (Å²) in [6.07, 6.45) is 1.91. The second-order valence-corrected chi connectivity index (χ2v) is 7.51. The van der Waals surface area contributed by atoms with E-state index >= 15 is 0 Å². The molecule has 1 rings (SSSR count). The molecule has 1 unspecified atom stereocenters. The SMILES string of the molecule is CNc1ccc([N+](=O)[O-])c(S(=O)(=O)NCCCS(C)=O)c1. The first-order chi connectivity index (χ1) is 9.77. The van der Waals surface area contributed by atoms with Crippen LogP contribution in [0, 0.1) is 10.1 Å². The van der Waals surface area contributed by atoms with Crippen LogP contribution in [0.4, 0.5) is 11.4 Å². The molecule has 0 saturated heterocycles. The molecule has 118 valence electrons. The molecule has 0 aromatic heterocycles. The van der Waals surface area contributed by atoms with E-state index in [1.54, 1.807) is 7.05 Å². The summed E-state index contributed by atoms with van der Waals surface area (Å²) < 4.78 is 37.5. The molecular formula is C11H17N3O5S2. The van der Waals surface area contributed by atoms with E-state index in [1.807, 2.05) is 0 Å². The third-order valence-corrected chi connectivity index (χ3v) is 4.99. The standard InChI is InChI=1S/C11H17N3O5S2/c1-12-9-4-5-10(14(15)16)11(8-9)21(18,19)13-6-3-7-20(2)17/h4-5,8,12-13H,3,6-7H2,1-2H3. The van der Waals surface area contributed by atoms with E-state index in [0.29, 0.717) is 17.9 Å². The Kier molecular flexibility index (Phi) is 6.24. The molecule has 2 N–H and O–H groups in total. The topological polar surface area (TPSA) is 118 Å². The van der Waals surface area contributed by atoms with Crippen molar-refractivity contribution in [3.8, 4) is 0 Å². The zero-order chi connectivity index (χ0) is 16.0. The number of nitrogens with zero attached hydrogens (tertiary/aromatic N) is 1. The number of anilines is 1. The summed E-state index contributed by atoms with van der Waals surface area (Å²) in [5.41, 5.74) is -0.0313. The maximum Gasteiger partial charge on any atom is 0.289 e. The average Bonchev–Trinajstić information content (AvgIpc) is 2.42. The van der Waals surface area contributed by atoms with Crippen molar-refractivity contribution in [3.05, 3.63) is 28.3 Å². The number of nitro benzene ring substituents is 1. The van der Waals surface area contributed by atoms with E-state index in [4.69, 9.17) is 0 Å². The number of rotatable bonds is 8. The summed E-state index contributed by atoms with van der Waals surface area (Å²) in [5.74, 6) is 0.362. The van der Waals surface area contributed by atoms with Crippen LogP contribution in [0.3, 0.4) is 0 Å². The van der Waals surface area contributed by atoms with Crippen molar-refractivity contribution < 1.29 is 17.6 Å². The zero-order valence-electron chi connectivity index (χ0n) is 11.7. The van der Waals surface area contributed by atoms with E-state index in [2.05, 4.69) is 10.0 Å². The highest BCUT2D eigenvalue weighted by Crippen LogP contribution is 2.26. The van der Waals surface area contributed by atoms with Gasteiger partial charge in [-0.3, -0.25) is 14.3 Å². The van der Waals surface area contributed by atoms with Gasteiger partial charge in [0.15, 0.2) is 4.90 Å². The largest absolute Gasteiger partial charge is 0.388 e. The molecule has 21 heavy (non-hydrogen) atoms. The fourth-order valence-corrected chi connectivity index (χ4v) is 3.41. The van der Waals surface area contributed by atoms with E-state index in [0.717, 1.165) is 6.07 Å². The zero-order valence-corrected chi connectivity index (χ0v) is 13.3. The molecule has 0 aliphatic rings. The van der Waals surface area contributed by atoms with E-state index in [9.17, 15) is 22.7 Å². The van der Waals surface area contributed by atoms with Crippen LogP contribution in [0.15, 0.2) is 23.1 Å². The second-order valence-electron chi connectivity index (χ2n) is 4.22. The van der Waals surface area contributed by atoms with Crippen LogP contribution in [0.2, 0.25) is 0 Å². The second kappa shape index (κ2) is 7.48. The van der Waals surface area contributed by atoms with Gasteiger partial charge < -0.3 is 5.32 Å². The monoisotopic (exact) mass is 335 g/mol. The molecule has 0 bridgehead atoms. The summed E-state index contributed by atoms with van der Waals surface area (Å²) in [4.78, 5) is 9.81. The van der Waals surface area contributed by atoms with Crippen molar-refractivity contribution in [2.75, 3.05) is 30.9 Å². The Morgan fingerprint density at radius 2 is 2.05 bits per heavy atom. The first-order valence-corrected chi connectivity index (χ1v) is 9.25. The fourth-order valence-electron chi connectivity index (χ4n) is 1.60. The Morgan fingerprint density at radius 1 is 1.38 bits per heavy atom. The van der Waals surface area contributed by atoms with Gasteiger partial charge in [0.1, 0.15) is 0 Å². The third kappa shape index (κ3) is 5.06. The minimum Gasteiger partial charge on any atom is -0.388 e. The van der Waals surface area contributed by atoms with Gasteiger partial charge in [-0.2, -0.15) is 0 Å². The van der Waals surface area contributed by atoms with Gasteiger partial charge in [-0.05, 0) is 18.6 Å². The summed E-state index contributed by atoms with van der Waals surface area (Å²) in [6.45, 7) is 0.0723. The maximum atomic E-state index is 12.2. The van der Waals surface area contributed by atoms with Crippen LogP contribution < -0.4 is 10.0 Å². The molecular weight excluding hydrogens is 318 g/mol. The van der Waals surface area contributed by atoms with Crippen LogP contribution >= 0.6 is 0 Å². The summed E-state index contributed by atoms with van der Waals surface area (Å²) in [5, 5.41) is 13.7. The molecule has 1 aromatic carbocycles. The molecule has 1 atom stereocenters. The predicted molar refractivity (Wildman–Crippen MR) is 81.4 cm³/mol. The van der Waals surface area contributed by atoms with Crippen LogP contribution in [0.5, 0.6) is 0 Å². The van der Waals surface area contributed by atoms with Crippen molar-refractivity contribution in [3.63, 3.8) is 0 Å². The highest BCUT2D eigenvalue weighted by atomic mass is 32.2. The van der Waals surface area contributed by atoms with Gasteiger partial charge >= 0.3 is 0 Å². The lowest BCUT2D eigenvalue weighted by Crippen LogP contribution is -2.26. The van der Waals surface area contributed by atoms with Gasteiger partial charge in [-0.15, -0.1) is 0 Å². The number of nitro groups is 1. The molecule has 10 heteroatoms. The number of nitrogens with one attached hydrogen (secondary N) is 2. The Labute approximate surface area is 125 Å². The van der Waals surface area contributed by atoms with Gasteiger partial charge in [0.25, 0.3) is 5.69 Å². The van der Waals surface area contributed by atoms with Crippen LogP contribution in [-0.2, 0) is 20.8 Å². The van der Waals surface area contributed by atoms with Crippen molar-refractivity contribution in [2.45, 2.75) is 11.3 Å². The minimum atomic E-state index is -4.00. The predicted octanol–water partition coefficient (Wildman–Crippen LogP) is 0.683. The highest BCUT2D eigenvalue weighted by Gasteiger charge is 2.25. The third-order valence-electron chi connectivity index (χ3n) is 2.64. The van der Waals surface area contributed by atoms with Crippen LogP contribution in [0.25, 0.3) is 0 Å². The van der Waals surface area contributed by atoms with Gasteiger partial charge in [0.2, 0.25) is 10.0 Å². The Balaban J connectivity index is 3.00. The van der Waals surface area contributed by atoms with Crippen molar-refractivity contribution >= 4 is 32.2 Å². The minimum absolute atomic E-state index is 0.0723. The van der Waals surface area contributed by atoms with E-state index in [1.165, 1.54) is 18.4 Å². The van der Waals surface area contributed by atoms with E-state index < -0.39 is 36.3 Å². The van der Waals surface area contributed by atoms with Crippen molar-refractivity contribution in [1.29, 1.82) is 0 Å². The summed E-state index contributed by atoms with van der Waals surface area (Å²) in [7, 11) is -3.42. The molecule has 0 aliphatic heterocycles. The molecule has 0 spiro atoms. The van der Waals surface area contributed by atoms with Gasteiger partial charge in [-0.25, -0.2) is 13.1 Å². The van der Waals surface area contributed by atoms with Gasteiger partial charge in [-0.1, -0.05) is 0 Å². The molecule has 0 aliphatic carbocycles. The Morgan fingerprint density at radius 3 is 2.57 bits per heavy atom. The first-order valence-electron chi connectivity index (χ1n) is 6.04. The normalized spacial score (nSPS) is 12.9. The Hall–Kier alpha value is -1.52. The number of sulfonamides is 1. The van der Waals surface area contributed by atoms with Crippen molar-refractivity contribution in [1.82, 2.24) is 4.72 Å². The lowest BCUT2D eigenvalue weighted by molar-refractivity contribution is -0.387. The number of benzene rings is 1. The van der Waals surface area contributed by atoms with Crippen LogP contribution in [0.1, 0.15) is 6.42 Å². The number of hydrogen-bond donors (Lipinski definition) is 2. The van der Waals surface area contributed by atoms with Crippen LogP contribution in [-0.4, -0.2) is 43.2 Å². The highest BCUT2D eigenvalue weighted by molar-refractivity contribution is 7.89. The number of hydrogen-bond acceptors (Lipinski definition) is 6. The molecule has 8 nitrogen and oxygen atoms in total. The first kappa shape index (κ1) is 17.5. The smallest absolute Gasteiger partial charge is 0.289 e. The molecule has 0 saturated carbocycles. The molecule has 0 radical (unpaired) electrons.